The molecule has 21 heavy (non-hydrogen) atoms. The van der Waals surface area contributed by atoms with E-state index in [9.17, 15) is 0 Å². The molecule has 0 unspecified atom stereocenters. The Labute approximate surface area is 140 Å². The molecular weight excluding hydrogens is 300 g/mol. The van der Waals surface area contributed by atoms with Gasteiger partial charge in [-0.1, -0.05) is 55.4 Å². The number of aliphatic hydroxyl groups excluding tert-OH is 1. The Morgan fingerprint density at radius 2 is 1.38 bits per heavy atom. The average molecular weight is 328 g/mol. The first-order valence-corrected chi connectivity index (χ1v) is 7.25. The Balaban J connectivity index is 0.000000370. The molecule has 1 nitrogen and oxygen atoms in total. The first-order valence-electron chi connectivity index (χ1n) is 7.25. The number of hydrogen-bond donors (Lipinski definition) is 1. The van der Waals surface area contributed by atoms with Gasteiger partial charge in [-0.05, 0) is 0 Å². The van der Waals surface area contributed by atoms with E-state index in [2.05, 4.69) is 61.5 Å². The van der Waals surface area contributed by atoms with Crippen molar-refractivity contribution in [2.75, 3.05) is 0 Å². The molecule has 0 radical (unpaired) electrons. The third-order valence-corrected chi connectivity index (χ3v) is 4.93. The number of aliphatic hydroxyl groups is 1. The first kappa shape index (κ1) is 20.2. The van der Waals surface area contributed by atoms with Crippen molar-refractivity contribution in [3.63, 3.8) is 0 Å². The molecular formula is C19H28FeO. The standard InChI is InChI=1S/C10H15O.C9H13.Fe/c1-6-7(2)9(4)10(5-11)8(6)3;1-6-5-7(2)9(4)8(6)3;/h11H,5H2,1-4H3;5H,1-4H3;/q2*-1;+2. The SMILES string of the molecule is Cc1c(C)c(CO)[c-](C)c1C.Cc1cc(C)[c-](C)c1C.[Fe+2]. The number of rotatable bonds is 1. The minimum Gasteiger partial charge on any atom is -0.394 e. The van der Waals surface area contributed by atoms with E-state index in [1.54, 1.807) is 0 Å². The van der Waals surface area contributed by atoms with Gasteiger partial charge < -0.3 is 5.11 Å². The predicted octanol–water partition coefficient (Wildman–Crippen LogP) is 4.77. The molecule has 0 spiro atoms. The van der Waals surface area contributed by atoms with Crippen molar-refractivity contribution in [1.82, 2.24) is 0 Å². The average Bonchev–Trinajstić information content (AvgIpc) is 2.74. The van der Waals surface area contributed by atoms with Gasteiger partial charge in [0.1, 0.15) is 0 Å². The summed E-state index contributed by atoms with van der Waals surface area (Å²) in [5, 5.41) is 9.04. The summed E-state index contributed by atoms with van der Waals surface area (Å²) in [6.45, 7) is 17.2. The van der Waals surface area contributed by atoms with E-state index >= 15 is 0 Å². The summed E-state index contributed by atoms with van der Waals surface area (Å²) in [4.78, 5) is 0. The minimum atomic E-state index is 0. The summed E-state index contributed by atoms with van der Waals surface area (Å²) < 4.78 is 0. The van der Waals surface area contributed by atoms with Crippen LogP contribution in [0.25, 0.3) is 0 Å². The van der Waals surface area contributed by atoms with E-state index in [1.807, 2.05) is 0 Å². The Hall–Kier alpha value is -0.821. The molecule has 0 atom stereocenters. The van der Waals surface area contributed by atoms with Gasteiger partial charge in [0.15, 0.2) is 0 Å². The van der Waals surface area contributed by atoms with Crippen molar-refractivity contribution in [3.05, 3.63) is 56.1 Å². The van der Waals surface area contributed by atoms with E-state index < -0.39 is 0 Å². The molecule has 2 aromatic rings. The first-order chi connectivity index (χ1) is 9.22. The van der Waals surface area contributed by atoms with Crippen LogP contribution >= 0.6 is 0 Å². The summed E-state index contributed by atoms with van der Waals surface area (Å²) in [7, 11) is 0. The van der Waals surface area contributed by atoms with Crippen LogP contribution in [0.1, 0.15) is 50.1 Å². The molecule has 0 heterocycles. The van der Waals surface area contributed by atoms with Crippen molar-refractivity contribution >= 4 is 0 Å². The molecule has 2 aromatic carbocycles. The summed E-state index contributed by atoms with van der Waals surface area (Å²) in [6, 6.07) is 2.24. The smallest absolute Gasteiger partial charge is 0.394 e. The second-order valence-electron chi connectivity index (χ2n) is 5.90. The van der Waals surface area contributed by atoms with Gasteiger partial charge in [-0.15, -0.1) is 5.56 Å². The van der Waals surface area contributed by atoms with Crippen LogP contribution in [-0.2, 0) is 23.7 Å². The topological polar surface area (TPSA) is 20.2 Å². The van der Waals surface area contributed by atoms with Crippen LogP contribution in [-0.4, -0.2) is 5.11 Å². The molecule has 0 aromatic heterocycles. The maximum atomic E-state index is 9.04. The van der Waals surface area contributed by atoms with E-state index in [0.29, 0.717) is 0 Å². The third kappa shape index (κ3) is 4.09. The van der Waals surface area contributed by atoms with Gasteiger partial charge in [0.25, 0.3) is 0 Å². The Bertz CT molecular complexity index is 552. The van der Waals surface area contributed by atoms with Gasteiger partial charge in [0.2, 0.25) is 0 Å². The van der Waals surface area contributed by atoms with Gasteiger partial charge >= 0.3 is 17.1 Å². The van der Waals surface area contributed by atoms with Crippen LogP contribution in [0, 0.1) is 55.4 Å². The fourth-order valence-electron chi connectivity index (χ4n) is 2.67. The minimum absolute atomic E-state index is 0. The van der Waals surface area contributed by atoms with Gasteiger partial charge in [-0.3, -0.25) is 0 Å². The number of aryl methyl sites for hydroxylation is 2. The Morgan fingerprint density at radius 1 is 0.857 bits per heavy atom. The van der Waals surface area contributed by atoms with Crippen LogP contribution in [0.2, 0.25) is 0 Å². The second-order valence-corrected chi connectivity index (χ2v) is 5.90. The van der Waals surface area contributed by atoms with Crippen LogP contribution in [0.3, 0.4) is 0 Å². The normalized spacial score (nSPS) is 9.95. The zero-order chi connectivity index (χ0) is 15.6. The Morgan fingerprint density at radius 3 is 1.52 bits per heavy atom. The summed E-state index contributed by atoms with van der Waals surface area (Å²) in [6.07, 6.45) is 0. The molecule has 1 N–H and O–H groups in total. The Kier molecular flexibility index (Phi) is 7.67. The zero-order valence-corrected chi connectivity index (χ0v) is 15.7. The fourth-order valence-corrected chi connectivity index (χ4v) is 2.67. The van der Waals surface area contributed by atoms with Crippen molar-refractivity contribution < 1.29 is 22.2 Å². The van der Waals surface area contributed by atoms with Gasteiger partial charge in [0.05, 0.1) is 0 Å². The van der Waals surface area contributed by atoms with Crippen LogP contribution < -0.4 is 0 Å². The molecule has 118 valence electrons. The van der Waals surface area contributed by atoms with Crippen molar-refractivity contribution in [2.24, 2.45) is 0 Å². The second kappa shape index (κ2) is 7.98. The maximum Gasteiger partial charge on any atom is 2.00 e. The zero-order valence-electron chi connectivity index (χ0n) is 14.6. The van der Waals surface area contributed by atoms with Gasteiger partial charge in [0, 0.05) is 6.61 Å². The van der Waals surface area contributed by atoms with E-state index in [1.165, 1.54) is 44.5 Å². The van der Waals surface area contributed by atoms with Crippen molar-refractivity contribution in [1.29, 1.82) is 0 Å². The molecule has 0 amide bonds. The predicted molar refractivity (Wildman–Crippen MR) is 87.9 cm³/mol. The largest absolute Gasteiger partial charge is 2.00 e. The molecule has 0 saturated heterocycles. The summed E-state index contributed by atoms with van der Waals surface area (Å²) >= 11 is 0. The molecule has 0 bridgehead atoms. The molecule has 0 aliphatic heterocycles. The monoisotopic (exact) mass is 328 g/mol. The number of hydrogen-bond acceptors (Lipinski definition) is 1. The summed E-state index contributed by atoms with van der Waals surface area (Å²) in [5.74, 6) is 0. The molecule has 0 fully saturated rings. The van der Waals surface area contributed by atoms with E-state index in [-0.39, 0.29) is 23.7 Å². The van der Waals surface area contributed by atoms with Crippen LogP contribution in [0.5, 0.6) is 0 Å². The maximum absolute atomic E-state index is 9.04. The molecule has 2 rings (SSSR count). The molecule has 0 saturated carbocycles. The molecule has 0 aliphatic carbocycles. The molecule has 0 aliphatic rings. The third-order valence-electron chi connectivity index (χ3n) is 4.93. The van der Waals surface area contributed by atoms with Crippen LogP contribution in [0.4, 0.5) is 0 Å². The van der Waals surface area contributed by atoms with Gasteiger partial charge in [-0.2, -0.15) is 44.5 Å². The molecule has 2 heteroatoms. The van der Waals surface area contributed by atoms with Crippen molar-refractivity contribution in [3.8, 4) is 0 Å². The quantitative estimate of drug-likeness (QED) is 0.591. The fraction of sp³-hybridized carbons (Fsp3) is 0.474. The van der Waals surface area contributed by atoms with Gasteiger partial charge in [-0.25, -0.2) is 6.07 Å². The van der Waals surface area contributed by atoms with E-state index in [0.717, 1.165) is 5.56 Å². The van der Waals surface area contributed by atoms with E-state index in [4.69, 9.17) is 5.11 Å². The summed E-state index contributed by atoms with van der Waals surface area (Å²) in [5.41, 5.74) is 12.0. The van der Waals surface area contributed by atoms with Crippen LogP contribution in [0.15, 0.2) is 6.07 Å². The van der Waals surface area contributed by atoms with Crippen molar-refractivity contribution in [2.45, 2.75) is 62.0 Å².